The fourth-order valence-electron chi connectivity index (χ4n) is 1.88. The number of ether oxygens (including phenoxy) is 2. The van der Waals surface area contributed by atoms with Crippen LogP contribution in [0.3, 0.4) is 0 Å². The molecule has 0 saturated carbocycles. The summed E-state index contributed by atoms with van der Waals surface area (Å²) in [6, 6.07) is 3.67. The number of benzene rings is 1. The van der Waals surface area contributed by atoms with Crippen LogP contribution in [0.15, 0.2) is 21.1 Å². The Morgan fingerprint density at radius 2 is 1.67 bits per heavy atom. The van der Waals surface area contributed by atoms with Crippen LogP contribution in [-0.4, -0.2) is 23.2 Å². The van der Waals surface area contributed by atoms with Crippen LogP contribution in [0, 0.1) is 0 Å². The first-order valence-electron chi connectivity index (χ1n) is 6.04. The predicted octanol–water partition coefficient (Wildman–Crippen LogP) is 5.14. The average Bonchev–Trinajstić information content (AvgIpc) is 2.69. The third-order valence-electron chi connectivity index (χ3n) is 2.83. The van der Waals surface area contributed by atoms with Crippen molar-refractivity contribution in [1.29, 1.82) is 0 Å². The van der Waals surface area contributed by atoms with Crippen LogP contribution in [0.2, 0.25) is 10.3 Å². The molecular weight excluding hydrogens is 447 g/mol. The Hall–Kier alpha value is -0.560. The van der Waals surface area contributed by atoms with Crippen molar-refractivity contribution in [3.8, 4) is 22.9 Å². The zero-order valence-corrected chi connectivity index (χ0v) is 15.2. The lowest BCUT2D eigenvalue weighted by atomic mass is 10.2. The number of hydrogen-bond acceptors (Lipinski definition) is 4. The van der Waals surface area contributed by atoms with Crippen LogP contribution >= 0.6 is 55.1 Å². The molecule has 0 N–H and O–H groups in total. The van der Waals surface area contributed by atoms with E-state index in [2.05, 4.69) is 41.8 Å². The summed E-state index contributed by atoms with van der Waals surface area (Å²) in [7, 11) is 0. The normalized spacial score (nSPS) is 13.9. The fraction of sp³-hybridized carbons (Fsp3) is 0.231. The van der Waals surface area contributed by atoms with Gasteiger partial charge in [0.1, 0.15) is 10.3 Å². The van der Waals surface area contributed by atoms with E-state index in [1.165, 1.54) is 0 Å². The molecule has 1 aliphatic heterocycles. The van der Waals surface area contributed by atoms with Crippen LogP contribution in [0.25, 0.3) is 11.4 Å². The lowest BCUT2D eigenvalue weighted by Gasteiger charge is -2.11. The monoisotopic (exact) mass is 452 g/mol. The molecular formula is C13H8Br2Cl2N2O2. The van der Waals surface area contributed by atoms with Gasteiger partial charge < -0.3 is 9.47 Å². The van der Waals surface area contributed by atoms with E-state index in [9.17, 15) is 0 Å². The van der Waals surface area contributed by atoms with Gasteiger partial charge in [0.15, 0.2) is 17.3 Å². The Bertz CT molecular complexity index is 690. The van der Waals surface area contributed by atoms with Crippen molar-refractivity contribution >= 4 is 55.1 Å². The molecule has 0 saturated heterocycles. The maximum Gasteiger partial charge on any atom is 0.175 e. The van der Waals surface area contributed by atoms with Gasteiger partial charge in [0.2, 0.25) is 0 Å². The average molecular weight is 455 g/mol. The second-order valence-corrected chi connectivity index (χ2v) is 6.64. The van der Waals surface area contributed by atoms with E-state index in [-0.39, 0.29) is 10.3 Å². The van der Waals surface area contributed by atoms with Gasteiger partial charge in [-0.25, -0.2) is 9.97 Å². The van der Waals surface area contributed by atoms with E-state index in [0.29, 0.717) is 35.0 Å². The minimum atomic E-state index is 0.258. The molecule has 3 rings (SSSR count). The minimum absolute atomic E-state index is 0.258. The number of rotatable bonds is 1. The third kappa shape index (κ3) is 3.13. The molecule has 0 spiro atoms. The van der Waals surface area contributed by atoms with Crippen molar-refractivity contribution in [1.82, 2.24) is 9.97 Å². The largest absolute Gasteiger partial charge is 0.489 e. The van der Waals surface area contributed by atoms with E-state index in [1.54, 1.807) is 0 Å². The van der Waals surface area contributed by atoms with Crippen molar-refractivity contribution in [2.75, 3.05) is 13.2 Å². The highest BCUT2D eigenvalue weighted by Gasteiger charge is 2.18. The zero-order valence-electron chi connectivity index (χ0n) is 10.5. The van der Waals surface area contributed by atoms with E-state index in [4.69, 9.17) is 32.7 Å². The molecule has 0 atom stereocenters. The molecule has 8 heteroatoms. The summed E-state index contributed by atoms with van der Waals surface area (Å²) in [5, 5.41) is 0.515. The van der Waals surface area contributed by atoms with Gasteiger partial charge in [-0.05, 0) is 44.0 Å². The number of fused-ring (bicyclic) bond motifs is 1. The molecule has 1 aromatic carbocycles. The first-order chi connectivity index (χ1) is 10.1. The van der Waals surface area contributed by atoms with Gasteiger partial charge in [0.05, 0.1) is 22.2 Å². The van der Waals surface area contributed by atoms with Crippen LogP contribution in [0.5, 0.6) is 11.5 Å². The summed E-state index contributed by atoms with van der Waals surface area (Å²) in [6.07, 6.45) is 0.836. The quantitative estimate of drug-likeness (QED) is 0.560. The summed E-state index contributed by atoms with van der Waals surface area (Å²) in [6.45, 7) is 1.23. The summed E-state index contributed by atoms with van der Waals surface area (Å²) in [5.41, 5.74) is 0.738. The molecule has 21 heavy (non-hydrogen) atoms. The molecule has 0 amide bonds. The van der Waals surface area contributed by atoms with Gasteiger partial charge in [-0.15, -0.1) is 0 Å². The minimum Gasteiger partial charge on any atom is -0.489 e. The summed E-state index contributed by atoms with van der Waals surface area (Å²) >= 11 is 18.8. The topological polar surface area (TPSA) is 44.2 Å². The van der Waals surface area contributed by atoms with Gasteiger partial charge in [0.25, 0.3) is 0 Å². The van der Waals surface area contributed by atoms with Crippen LogP contribution in [-0.2, 0) is 0 Å². The van der Waals surface area contributed by atoms with Crippen molar-refractivity contribution < 1.29 is 9.47 Å². The molecule has 0 fully saturated rings. The number of aromatic nitrogens is 2. The molecule has 1 aromatic heterocycles. The molecule has 1 aliphatic rings. The van der Waals surface area contributed by atoms with Crippen molar-refractivity contribution in [3.63, 3.8) is 0 Å². The van der Waals surface area contributed by atoms with E-state index >= 15 is 0 Å². The maximum atomic E-state index is 6.03. The highest BCUT2D eigenvalue weighted by atomic mass is 79.9. The Balaban J connectivity index is 2.11. The molecule has 2 heterocycles. The molecule has 4 nitrogen and oxygen atoms in total. The molecule has 0 aliphatic carbocycles. The summed E-state index contributed by atoms with van der Waals surface area (Å²) < 4.78 is 12.6. The number of nitrogens with zero attached hydrogens (tertiary/aromatic N) is 2. The third-order valence-corrected chi connectivity index (χ3v) is 5.17. The van der Waals surface area contributed by atoms with E-state index in [0.717, 1.165) is 16.5 Å². The van der Waals surface area contributed by atoms with Crippen molar-refractivity contribution in [2.45, 2.75) is 6.42 Å². The van der Waals surface area contributed by atoms with Crippen molar-refractivity contribution in [2.24, 2.45) is 0 Å². The van der Waals surface area contributed by atoms with Crippen molar-refractivity contribution in [3.05, 3.63) is 31.4 Å². The number of halogens is 4. The number of hydrogen-bond donors (Lipinski definition) is 0. The van der Waals surface area contributed by atoms with Gasteiger partial charge in [0, 0.05) is 12.0 Å². The molecule has 0 unspecified atom stereocenters. The zero-order chi connectivity index (χ0) is 15.0. The summed E-state index contributed by atoms with van der Waals surface area (Å²) in [5.74, 6) is 1.76. The Morgan fingerprint density at radius 3 is 2.38 bits per heavy atom. The maximum absolute atomic E-state index is 6.03. The van der Waals surface area contributed by atoms with E-state index < -0.39 is 0 Å². The summed E-state index contributed by atoms with van der Waals surface area (Å²) in [4.78, 5) is 8.45. The predicted molar refractivity (Wildman–Crippen MR) is 88.5 cm³/mol. The Kier molecular flexibility index (Phi) is 4.59. The highest BCUT2D eigenvalue weighted by Crippen LogP contribution is 2.41. The van der Waals surface area contributed by atoms with Gasteiger partial charge in [-0.1, -0.05) is 23.2 Å². The second kappa shape index (κ2) is 6.28. The van der Waals surface area contributed by atoms with Gasteiger partial charge in [-0.3, -0.25) is 0 Å². The highest BCUT2D eigenvalue weighted by molar-refractivity contribution is 9.11. The van der Waals surface area contributed by atoms with Crippen LogP contribution in [0.1, 0.15) is 6.42 Å². The van der Waals surface area contributed by atoms with E-state index in [1.807, 2.05) is 12.1 Å². The molecule has 110 valence electrons. The first-order valence-corrected chi connectivity index (χ1v) is 8.38. The second-order valence-electron chi connectivity index (χ2n) is 4.28. The molecule has 2 aromatic rings. The lowest BCUT2D eigenvalue weighted by molar-refractivity contribution is 0.296. The standard InChI is InChI=1S/C13H8Br2Cl2N2O2/c14-7-4-6(5-8-10(7)21-3-1-2-20-8)13-18-11(16)9(15)12(17)19-13/h4-5H,1-3H2. The fourth-order valence-corrected chi connectivity index (χ4v) is 3.00. The van der Waals surface area contributed by atoms with Gasteiger partial charge in [-0.2, -0.15) is 0 Å². The molecule has 0 radical (unpaired) electrons. The Labute approximate surface area is 148 Å². The van der Waals surface area contributed by atoms with Gasteiger partial charge >= 0.3 is 0 Å². The Morgan fingerprint density at radius 1 is 1.00 bits per heavy atom. The van der Waals surface area contributed by atoms with Crippen LogP contribution in [0.4, 0.5) is 0 Å². The SMILES string of the molecule is Clc1nc(-c2cc(Br)c3c(c2)OCCCO3)nc(Cl)c1Br. The lowest BCUT2D eigenvalue weighted by Crippen LogP contribution is -1.97. The van der Waals surface area contributed by atoms with Crippen LogP contribution < -0.4 is 9.47 Å². The molecule has 0 bridgehead atoms. The first kappa shape index (κ1) is 15.3. The smallest absolute Gasteiger partial charge is 0.175 e.